The van der Waals surface area contributed by atoms with E-state index in [1.165, 1.54) is 4.90 Å². The maximum Gasteiger partial charge on any atom is 0.259 e. The number of hydrogen-bond acceptors (Lipinski definition) is 3. The molecule has 1 heterocycles. The summed E-state index contributed by atoms with van der Waals surface area (Å²) in [4.78, 5) is 26.4. The first-order chi connectivity index (χ1) is 14.0. The van der Waals surface area contributed by atoms with E-state index in [0.29, 0.717) is 24.3 Å². The summed E-state index contributed by atoms with van der Waals surface area (Å²) < 4.78 is 1.60. The van der Waals surface area contributed by atoms with E-state index in [4.69, 9.17) is 11.6 Å². The molecule has 0 fully saturated rings. The lowest BCUT2D eigenvalue weighted by Gasteiger charge is -2.17. The number of likely N-dealkylation sites (N-methyl/N-ethyl adjacent to an activating group) is 1. The van der Waals surface area contributed by atoms with Crippen molar-refractivity contribution in [3.8, 4) is 0 Å². The number of aryl methyl sites for hydroxylation is 1. The molecule has 0 saturated heterocycles. The summed E-state index contributed by atoms with van der Waals surface area (Å²) in [7, 11) is 1.58. The third-order valence-corrected chi connectivity index (χ3v) is 4.90. The number of amides is 2. The maximum absolute atomic E-state index is 12.9. The Morgan fingerprint density at radius 2 is 1.62 bits per heavy atom. The Morgan fingerprint density at radius 3 is 2.24 bits per heavy atom. The molecule has 2 amide bonds. The minimum atomic E-state index is -0.332. The highest BCUT2D eigenvalue weighted by Crippen LogP contribution is 2.22. The number of nitrogens with zero attached hydrogens (tertiary/aromatic N) is 3. The number of benzene rings is 2. The summed E-state index contributed by atoms with van der Waals surface area (Å²) in [6.45, 7) is 2.56. The van der Waals surface area contributed by atoms with Crippen LogP contribution in [0.25, 0.3) is 0 Å². The van der Waals surface area contributed by atoms with Crippen molar-refractivity contribution in [1.82, 2.24) is 20.0 Å². The van der Waals surface area contributed by atoms with Gasteiger partial charge in [0.1, 0.15) is 5.15 Å². The summed E-state index contributed by atoms with van der Waals surface area (Å²) in [5.74, 6) is -0.572. The van der Waals surface area contributed by atoms with Crippen LogP contribution in [0.1, 0.15) is 27.2 Å². The van der Waals surface area contributed by atoms with Crippen LogP contribution in [0.4, 0.5) is 0 Å². The van der Waals surface area contributed by atoms with Crippen molar-refractivity contribution in [2.75, 3.05) is 13.6 Å². The summed E-state index contributed by atoms with van der Waals surface area (Å²) in [6.07, 6.45) is 0. The standard InChI is InChI=1S/C22H23ClN4O2/c1-16-20(21(23)27(25-16)14-18-11-7-4-8-12-18)22(29)26(2)15-19(28)24-13-17-9-5-3-6-10-17/h3-12H,13-15H2,1-2H3,(H,24,28). The molecule has 0 aliphatic carbocycles. The summed E-state index contributed by atoms with van der Waals surface area (Å²) in [6, 6.07) is 19.4. The largest absolute Gasteiger partial charge is 0.350 e. The Hall–Kier alpha value is -3.12. The number of carbonyl (C=O) groups is 2. The highest BCUT2D eigenvalue weighted by atomic mass is 35.5. The molecular formula is C22H23ClN4O2. The number of aromatic nitrogens is 2. The first-order valence-corrected chi connectivity index (χ1v) is 9.66. The first kappa shape index (κ1) is 20.6. The van der Waals surface area contributed by atoms with Crippen molar-refractivity contribution in [3.05, 3.63) is 88.2 Å². The molecule has 0 unspecified atom stereocenters. The third-order valence-electron chi connectivity index (χ3n) is 4.51. The molecule has 150 valence electrons. The number of hydrogen-bond donors (Lipinski definition) is 1. The van der Waals surface area contributed by atoms with Crippen LogP contribution in [0, 0.1) is 6.92 Å². The molecule has 2 aromatic carbocycles. The Kier molecular flexibility index (Phi) is 6.67. The van der Waals surface area contributed by atoms with Gasteiger partial charge in [-0.05, 0) is 18.1 Å². The average molecular weight is 411 g/mol. The van der Waals surface area contributed by atoms with Gasteiger partial charge in [-0.15, -0.1) is 0 Å². The average Bonchev–Trinajstić information content (AvgIpc) is 3.00. The Morgan fingerprint density at radius 1 is 1.03 bits per heavy atom. The van der Waals surface area contributed by atoms with Gasteiger partial charge in [0.05, 0.1) is 24.3 Å². The smallest absolute Gasteiger partial charge is 0.259 e. The maximum atomic E-state index is 12.9. The molecule has 3 rings (SSSR count). The van der Waals surface area contributed by atoms with Crippen LogP contribution < -0.4 is 5.32 Å². The van der Waals surface area contributed by atoms with Gasteiger partial charge >= 0.3 is 0 Å². The van der Waals surface area contributed by atoms with Gasteiger partial charge in [-0.25, -0.2) is 4.68 Å². The van der Waals surface area contributed by atoms with Gasteiger partial charge < -0.3 is 10.2 Å². The molecule has 0 spiro atoms. The number of halogens is 1. The van der Waals surface area contributed by atoms with Crippen molar-refractivity contribution in [1.29, 1.82) is 0 Å². The molecule has 0 radical (unpaired) electrons. The molecule has 7 heteroatoms. The fraction of sp³-hybridized carbons (Fsp3) is 0.227. The van der Waals surface area contributed by atoms with Gasteiger partial charge in [0.15, 0.2) is 0 Å². The molecule has 3 aromatic rings. The predicted octanol–water partition coefficient (Wildman–Crippen LogP) is 3.28. The van der Waals surface area contributed by atoms with Crippen LogP contribution in [-0.2, 0) is 17.9 Å². The highest BCUT2D eigenvalue weighted by Gasteiger charge is 2.24. The van der Waals surface area contributed by atoms with Gasteiger partial charge in [-0.2, -0.15) is 5.10 Å². The molecule has 0 aliphatic rings. The van der Waals surface area contributed by atoms with Gasteiger partial charge in [0.25, 0.3) is 5.91 Å². The van der Waals surface area contributed by atoms with E-state index in [0.717, 1.165) is 11.1 Å². The molecular weight excluding hydrogens is 388 g/mol. The lowest BCUT2D eigenvalue weighted by atomic mass is 10.2. The van der Waals surface area contributed by atoms with E-state index in [-0.39, 0.29) is 23.5 Å². The van der Waals surface area contributed by atoms with Crippen LogP contribution >= 0.6 is 11.6 Å². The van der Waals surface area contributed by atoms with Gasteiger partial charge in [0, 0.05) is 13.6 Å². The zero-order chi connectivity index (χ0) is 20.8. The monoisotopic (exact) mass is 410 g/mol. The number of rotatable bonds is 7. The van der Waals surface area contributed by atoms with Crippen molar-refractivity contribution in [3.63, 3.8) is 0 Å². The zero-order valence-corrected chi connectivity index (χ0v) is 17.2. The molecule has 0 bridgehead atoms. The molecule has 1 aromatic heterocycles. The molecule has 0 saturated carbocycles. The summed E-state index contributed by atoms with van der Waals surface area (Å²) in [5, 5.41) is 7.49. The Balaban J connectivity index is 1.63. The summed E-state index contributed by atoms with van der Waals surface area (Å²) in [5.41, 5.74) is 2.88. The minimum Gasteiger partial charge on any atom is -0.350 e. The minimum absolute atomic E-state index is 0.0642. The van der Waals surface area contributed by atoms with E-state index in [1.807, 2.05) is 60.7 Å². The SMILES string of the molecule is Cc1nn(Cc2ccccc2)c(Cl)c1C(=O)N(C)CC(=O)NCc1ccccc1. The highest BCUT2D eigenvalue weighted by molar-refractivity contribution is 6.33. The van der Waals surface area contributed by atoms with Crippen LogP contribution in [0.15, 0.2) is 60.7 Å². The molecule has 6 nitrogen and oxygen atoms in total. The van der Waals surface area contributed by atoms with Gasteiger partial charge in [-0.3, -0.25) is 9.59 Å². The molecule has 29 heavy (non-hydrogen) atoms. The van der Waals surface area contributed by atoms with E-state index < -0.39 is 0 Å². The third kappa shape index (κ3) is 5.23. The number of nitrogens with one attached hydrogen (secondary N) is 1. The van der Waals surface area contributed by atoms with Crippen molar-refractivity contribution in [2.24, 2.45) is 0 Å². The molecule has 0 atom stereocenters. The van der Waals surface area contributed by atoms with E-state index >= 15 is 0 Å². The normalized spacial score (nSPS) is 10.6. The van der Waals surface area contributed by atoms with Crippen LogP contribution in [0.5, 0.6) is 0 Å². The van der Waals surface area contributed by atoms with Gasteiger partial charge in [-0.1, -0.05) is 72.3 Å². The second kappa shape index (κ2) is 9.39. The van der Waals surface area contributed by atoms with E-state index in [9.17, 15) is 9.59 Å². The van der Waals surface area contributed by atoms with Crippen molar-refractivity contribution < 1.29 is 9.59 Å². The lowest BCUT2D eigenvalue weighted by molar-refractivity contribution is -0.121. The van der Waals surface area contributed by atoms with E-state index in [2.05, 4.69) is 10.4 Å². The van der Waals surface area contributed by atoms with E-state index in [1.54, 1.807) is 18.7 Å². The first-order valence-electron chi connectivity index (χ1n) is 9.28. The Bertz CT molecular complexity index is 987. The zero-order valence-electron chi connectivity index (χ0n) is 16.4. The van der Waals surface area contributed by atoms with Crippen LogP contribution in [0.3, 0.4) is 0 Å². The Labute approximate surface area is 175 Å². The summed E-state index contributed by atoms with van der Waals surface area (Å²) >= 11 is 6.45. The quantitative estimate of drug-likeness (QED) is 0.650. The topological polar surface area (TPSA) is 67.2 Å². The lowest BCUT2D eigenvalue weighted by Crippen LogP contribution is -2.38. The van der Waals surface area contributed by atoms with Crippen LogP contribution in [-0.4, -0.2) is 40.1 Å². The van der Waals surface area contributed by atoms with Crippen molar-refractivity contribution >= 4 is 23.4 Å². The fourth-order valence-corrected chi connectivity index (χ4v) is 3.30. The second-order valence-corrected chi connectivity index (χ2v) is 7.18. The fourth-order valence-electron chi connectivity index (χ4n) is 2.99. The molecule has 0 aliphatic heterocycles. The molecule has 1 N–H and O–H groups in total. The van der Waals surface area contributed by atoms with Gasteiger partial charge in [0.2, 0.25) is 5.91 Å². The van der Waals surface area contributed by atoms with Crippen molar-refractivity contribution in [2.45, 2.75) is 20.0 Å². The predicted molar refractivity (Wildman–Crippen MR) is 113 cm³/mol. The number of carbonyl (C=O) groups excluding carboxylic acids is 2. The second-order valence-electron chi connectivity index (χ2n) is 6.82. The van der Waals surface area contributed by atoms with Crippen LogP contribution in [0.2, 0.25) is 5.15 Å².